The predicted octanol–water partition coefficient (Wildman–Crippen LogP) is 0.788. The number of benzene rings is 1. The van der Waals surface area contributed by atoms with Crippen LogP contribution in [0.3, 0.4) is 0 Å². The van der Waals surface area contributed by atoms with Gasteiger partial charge in [0.1, 0.15) is 17.8 Å². The van der Waals surface area contributed by atoms with Gasteiger partial charge in [-0.3, -0.25) is 0 Å². The molecule has 5 nitrogen and oxygen atoms in total. The fourth-order valence-corrected chi connectivity index (χ4v) is 2.42. The number of anilines is 2. The molecule has 0 aliphatic carbocycles. The number of carbonyl (C=O) groups excluding carboxylic acids is 1. The molecule has 96 valence electrons. The van der Waals surface area contributed by atoms with Crippen LogP contribution in [0.1, 0.15) is 11.1 Å². The van der Waals surface area contributed by atoms with E-state index in [9.17, 15) is 15.0 Å². The molecule has 18 heavy (non-hydrogen) atoms. The predicted molar refractivity (Wildman–Crippen MR) is 68.7 cm³/mol. The molecule has 1 aromatic carbocycles. The smallest absolute Gasteiger partial charge is 0.145 e. The fourth-order valence-electron chi connectivity index (χ4n) is 2.42. The van der Waals surface area contributed by atoms with E-state index in [0.717, 1.165) is 32.5 Å². The summed E-state index contributed by atoms with van der Waals surface area (Å²) in [6.07, 6.45) is 0.898. The molecule has 0 aromatic heterocycles. The first-order valence-electron chi connectivity index (χ1n) is 6.16. The summed E-state index contributed by atoms with van der Waals surface area (Å²) in [6, 6.07) is 0. The molecule has 0 atom stereocenters. The van der Waals surface area contributed by atoms with Crippen LogP contribution in [0.4, 0.5) is 11.4 Å². The zero-order valence-electron chi connectivity index (χ0n) is 10.3. The summed E-state index contributed by atoms with van der Waals surface area (Å²) in [5, 5.41) is 20.7. The van der Waals surface area contributed by atoms with Crippen molar-refractivity contribution in [1.29, 1.82) is 0 Å². The van der Waals surface area contributed by atoms with Crippen LogP contribution in [0.2, 0.25) is 0 Å². The molecule has 0 amide bonds. The number of nitrogens with zero attached hydrogens (tertiary/aromatic N) is 2. The number of hydrogen-bond acceptors (Lipinski definition) is 5. The maximum atomic E-state index is 10.8. The van der Waals surface area contributed by atoms with Gasteiger partial charge < -0.3 is 24.8 Å². The SMILES string of the molecule is Cc1c(O)c(N2CC2)c(CC=O)c(O)c1N1CC1. The third-order valence-corrected chi connectivity index (χ3v) is 3.55. The van der Waals surface area contributed by atoms with Gasteiger partial charge in [-0.15, -0.1) is 0 Å². The Kier molecular flexibility index (Phi) is 2.36. The van der Waals surface area contributed by atoms with Crippen molar-refractivity contribution in [3.05, 3.63) is 11.1 Å². The summed E-state index contributed by atoms with van der Waals surface area (Å²) in [6.45, 7) is 5.30. The van der Waals surface area contributed by atoms with E-state index in [-0.39, 0.29) is 17.9 Å². The van der Waals surface area contributed by atoms with Gasteiger partial charge in [-0.1, -0.05) is 0 Å². The monoisotopic (exact) mass is 248 g/mol. The molecule has 2 aliphatic rings. The highest BCUT2D eigenvalue weighted by atomic mass is 16.3. The van der Waals surface area contributed by atoms with E-state index in [0.29, 0.717) is 22.5 Å². The minimum Gasteiger partial charge on any atom is -0.505 e. The first kappa shape index (κ1) is 11.2. The standard InChI is InChI=1S/C13H16N2O3/c1-8-10(14-3-4-14)13(18)9(2-7-16)11(12(8)17)15-5-6-15/h7,17-18H,2-6H2,1H3. The van der Waals surface area contributed by atoms with Crippen molar-refractivity contribution in [3.63, 3.8) is 0 Å². The van der Waals surface area contributed by atoms with E-state index in [1.54, 1.807) is 6.92 Å². The molecule has 5 heteroatoms. The van der Waals surface area contributed by atoms with E-state index < -0.39 is 0 Å². The Morgan fingerprint density at radius 3 is 2.11 bits per heavy atom. The van der Waals surface area contributed by atoms with Crippen LogP contribution in [-0.4, -0.2) is 42.7 Å². The summed E-state index contributed by atoms with van der Waals surface area (Å²) in [7, 11) is 0. The number of aromatic hydroxyl groups is 2. The molecule has 2 aliphatic heterocycles. The molecule has 2 fully saturated rings. The molecule has 2 heterocycles. The molecule has 2 saturated heterocycles. The lowest BCUT2D eigenvalue weighted by atomic mass is 10.0. The maximum Gasteiger partial charge on any atom is 0.145 e. The molecule has 0 saturated carbocycles. The first-order valence-corrected chi connectivity index (χ1v) is 6.16. The van der Waals surface area contributed by atoms with Crippen molar-refractivity contribution in [2.75, 3.05) is 36.0 Å². The Balaban J connectivity index is 2.21. The highest BCUT2D eigenvalue weighted by molar-refractivity contribution is 5.85. The molecule has 0 radical (unpaired) electrons. The molecule has 0 spiro atoms. The van der Waals surface area contributed by atoms with Crippen molar-refractivity contribution < 1.29 is 15.0 Å². The summed E-state index contributed by atoms with van der Waals surface area (Å²) >= 11 is 0. The molecule has 3 rings (SSSR count). The van der Waals surface area contributed by atoms with Crippen molar-refractivity contribution >= 4 is 17.7 Å². The van der Waals surface area contributed by atoms with Crippen molar-refractivity contribution in [1.82, 2.24) is 0 Å². The Morgan fingerprint density at radius 1 is 1.06 bits per heavy atom. The van der Waals surface area contributed by atoms with E-state index in [1.807, 2.05) is 9.80 Å². The molecule has 0 unspecified atom stereocenters. The van der Waals surface area contributed by atoms with Crippen molar-refractivity contribution in [2.45, 2.75) is 13.3 Å². The largest absolute Gasteiger partial charge is 0.505 e. The number of hydrogen-bond donors (Lipinski definition) is 2. The minimum atomic E-state index is 0.131. The third-order valence-electron chi connectivity index (χ3n) is 3.55. The molecular weight excluding hydrogens is 232 g/mol. The van der Waals surface area contributed by atoms with Crippen LogP contribution in [-0.2, 0) is 11.2 Å². The maximum absolute atomic E-state index is 10.8. The second kappa shape index (κ2) is 3.80. The number of phenols is 2. The van der Waals surface area contributed by atoms with Gasteiger partial charge in [-0.25, -0.2) is 0 Å². The van der Waals surface area contributed by atoms with Gasteiger partial charge in [0, 0.05) is 43.7 Å². The zero-order chi connectivity index (χ0) is 12.9. The Morgan fingerprint density at radius 2 is 1.61 bits per heavy atom. The second-order valence-electron chi connectivity index (χ2n) is 4.84. The van der Waals surface area contributed by atoms with Crippen LogP contribution in [0.5, 0.6) is 11.5 Å². The van der Waals surface area contributed by atoms with Gasteiger partial charge in [0.15, 0.2) is 0 Å². The number of rotatable bonds is 4. The van der Waals surface area contributed by atoms with Crippen LogP contribution in [0.15, 0.2) is 0 Å². The molecule has 0 bridgehead atoms. The Bertz CT molecular complexity index is 520. The van der Waals surface area contributed by atoms with E-state index in [2.05, 4.69) is 0 Å². The van der Waals surface area contributed by atoms with Crippen LogP contribution >= 0.6 is 0 Å². The summed E-state index contributed by atoms with van der Waals surface area (Å²) in [5.41, 5.74) is 2.55. The lowest BCUT2D eigenvalue weighted by Gasteiger charge is -2.20. The highest BCUT2D eigenvalue weighted by Crippen LogP contribution is 2.50. The number of carbonyl (C=O) groups is 1. The topological polar surface area (TPSA) is 63.6 Å². The lowest BCUT2D eigenvalue weighted by molar-refractivity contribution is -0.107. The van der Waals surface area contributed by atoms with Gasteiger partial charge in [0.2, 0.25) is 0 Å². The summed E-state index contributed by atoms with van der Waals surface area (Å²) in [4.78, 5) is 14.7. The van der Waals surface area contributed by atoms with E-state index >= 15 is 0 Å². The van der Waals surface area contributed by atoms with Crippen molar-refractivity contribution in [2.24, 2.45) is 0 Å². The van der Waals surface area contributed by atoms with Gasteiger partial charge in [-0.05, 0) is 6.92 Å². The van der Waals surface area contributed by atoms with Gasteiger partial charge >= 0.3 is 0 Å². The lowest BCUT2D eigenvalue weighted by Crippen LogP contribution is -2.05. The summed E-state index contributed by atoms with van der Waals surface area (Å²) in [5.74, 6) is 0.348. The van der Waals surface area contributed by atoms with E-state index in [1.165, 1.54) is 0 Å². The zero-order valence-corrected chi connectivity index (χ0v) is 10.3. The quantitative estimate of drug-likeness (QED) is 0.468. The van der Waals surface area contributed by atoms with Crippen LogP contribution in [0, 0.1) is 6.92 Å². The van der Waals surface area contributed by atoms with Crippen molar-refractivity contribution in [3.8, 4) is 11.5 Å². The minimum absolute atomic E-state index is 0.131. The molecule has 1 aromatic rings. The van der Waals surface area contributed by atoms with E-state index in [4.69, 9.17) is 0 Å². The summed E-state index contributed by atoms with van der Waals surface area (Å²) < 4.78 is 0. The Hall–Kier alpha value is -1.91. The number of phenolic OH excluding ortho intramolecular Hbond substituents is 2. The fraction of sp³-hybridized carbons (Fsp3) is 0.462. The normalized spacial score (nSPS) is 16.9. The van der Waals surface area contributed by atoms with Gasteiger partial charge in [0.05, 0.1) is 11.4 Å². The highest BCUT2D eigenvalue weighted by Gasteiger charge is 2.33. The first-order chi connectivity index (χ1) is 8.65. The molecule has 2 N–H and O–H groups in total. The molecular formula is C13H16N2O3. The number of aldehydes is 1. The average molecular weight is 248 g/mol. The van der Waals surface area contributed by atoms with Gasteiger partial charge in [-0.2, -0.15) is 0 Å². The Labute approximate surface area is 105 Å². The second-order valence-corrected chi connectivity index (χ2v) is 4.84. The van der Waals surface area contributed by atoms with Gasteiger partial charge in [0.25, 0.3) is 0 Å². The van der Waals surface area contributed by atoms with Crippen LogP contribution < -0.4 is 9.80 Å². The van der Waals surface area contributed by atoms with Crippen LogP contribution in [0.25, 0.3) is 0 Å². The average Bonchev–Trinajstić information content (AvgIpc) is 3.18. The third kappa shape index (κ3) is 1.58.